The van der Waals surface area contributed by atoms with Gasteiger partial charge in [0.25, 0.3) is 0 Å². The summed E-state index contributed by atoms with van der Waals surface area (Å²) in [5, 5.41) is 3.32. The van der Waals surface area contributed by atoms with Crippen LogP contribution in [0.4, 0.5) is 5.69 Å². The standard InChI is InChI=1S/C18H21NO3/c1-21-18(20)15-9-11-16(12-10-15)19-13-5-6-14-22-17-7-3-2-4-8-17/h2-4,7-12,19H,5-6,13-14H2,1H3. The Bertz CT molecular complexity index is 567. The summed E-state index contributed by atoms with van der Waals surface area (Å²) < 4.78 is 10.3. The monoisotopic (exact) mass is 299 g/mol. The van der Waals surface area contributed by atoms with Gasteiger partial charge in [0.2, 0.25) is 0 Å². The lowest BCUT2D eigenvalue weighted by molar-refractivity contribution is 0.0601. The van der Waals surface area contributed by atoms with Gasteiger partial charge in [-0.2, -0.15) is 0 Å². The molecule has 0 aliphatic rings. The Hall–Kier alpha value is -2.49. The molecular formula is C18H21NO3. The summed E-state index contributed by atoms with van der Waals surface area (Å²) >= 11 is 0. The molecule has 0 aromatic heterocycles. The van der Waals surface area contributed by atoms with E-state index in [-0.39, 0.29) is 5.97 Å². The first-order valence-electron chi connectivity index (χ1n) is 7.39. The van der Waals surface area contributed by atoms with Crippen LogP contribution in [0.1, 0.15) is 23.2 Å². The van der Waals surface area contributed by atoms with Gasteiger partial charge in [-0.05, 0) is 49.2 Å². The minimum atomic E-state index is -0.315. The molecule has 22 heavy (non-hydrogen) atoms. The number of benzene rings is 2. The lowest BCUT2D eigenvalue weighted by Crippen LogP contribution is -2.05. The predicted molar refractivity (Wildman–Crippen MR) is 87.4 cm³/mol. The molecule has 0 heterocycles. The molecule has 0 unspecified atom stereocenters. The highest BCUT2D eigenvalue weighted by Gasteiger charge is 2.03. The summed E-state index contributed by atoms with van der Waals surface area (Å²) in [6.07, 6.45) is 2.01. The van der Waals surface area contributed by atoms with Gasteiger partial charge >= 0.3 is 5.97 Å². The van der Waals surface area contributed by atoms with Crippen molar-refractivity contribution in [3.8, 4) is 5.75 Å². The van der Waals surface area contributed by atoms with Gasteiger partial charge in [0.15, 0.2) is 0 Å². The molecule has 0 spiro atoms. The average Bonchev–Trinajstić information content (AvgIpc) is 2.58. The van der Waals surface area contributed by atoms with Crippen molar-refractivity contribution in [3.05, 3.63) is 60.2 Å². The molecule has 0 fully saturated rings. The number of ether oxygens (including phenoxy) is 2. The number of hydrogen-bond acceptors (Lipinski definition) is 4. The van der Waals surface area contributed by atoms with Crippen LogP contribution in [0.15, 0.2) is 54.6 Å². The molecule has 0 atom stereocenters. The first kappa shape index (κ1) is 15.9. The van der Waals surface area contributed by atoms with Crippen LogP contribution in [0.5, 0.6) is 5.75 Å². The predicted octanol–water partition coefficient (Wildman–Crippen LogP) is 3.74. The molecule has 0 aliphatic heterocycles. The first-order chi connectivity index (χ1) is 10.8. The number of unbranched alkanes of at least 4 members (excludes halogenated alkanes) is 1. The molecule has 116 valence electrons. The van der Waals surface area contributed by atoms with E-state index in [1.54, 1.807) is 12.1 Å². The molecule has 2 rings (SSSR count). The summed E-state index contributed by atoms with van der Waals surface area (Å²) in [4.78, 5) is 11.3. The number of para-hydroxylation sites is 1. The Balaban J connectivity index is 1.61. The Labute approximate surface area is 131 Å². The fraction of sp³-hybridized carbons (Fsp3) is 0.278. The van der Waals surface area contributed by atoms with Crippen molar-refractivity contribution < 1.29 is 14.3 Å². The van der Waals surface area contributed by atoms with Gasteiger partial charge in [-0.1, -0.05) is 18.2 Å². The molecule has 0 bridgehead atoms. The summed E-state index contributed by atoms with van der Waals surface area (Å²) in [6, 6.07) is 17.1. The molecular weight excluding hydrogens is 278 g/mol. The third-order valence-electron chi connectivity index (χ3n) is 3.22. The molecule has 4 nitrogen and oxygen atoms in total. The lowest BCUT2D eigenvalue weighted by atomic mass is 10.2. The summed E-state index contributed by atoms with van der Waals surface area (Å²) in [5.41, 5.74) is 1.56. The van der Waals surface area contributed by atoms with Gasteiger partial charge in [-0.3, -0.25) is 0 Å². The zero-order valence-electron chi connectivity index (χ0n) is 12.7. The SMILES string of the molecule is COC(=O)c1ccc(NCCCCOc2ccccc2)cc1. The van der Waals surface area contributed by atoms with Crippen molar-refractivity contribution in [1.29, 1.82) is 0 Å². The van der Waals surface area contributed by atoms with Crippen LogP contribution in [0.3, 0.4) is 0 Å². The number of carbonyl (C=O) groups excluding carboxylic acids is 1. The second-order valence-corrected chi connectivity index (χ2v) is 4.86. The minimum Gasteiger partial charge on any atom is -0.494 e. The Kier molecular flexibility index (Phi) is 6.30. The van der Waals surface area contributed by atoms with E-state index in [4.69, 9.17) is 4.74 Å². The van der Waals surface area contributed by atoms with E-state index >= 15 is 0 Å². The maximum absolute atomic E-state index is 11.3. The van der Waals surface area contributed by atoms with E-state index in [0.717, 1.165) is 30.8 Å². The number of carbonyl (C=O) groups is 1. The summed E-state index contributed by atoms with van der Waals surface area (Å²) in [6.45, 7) is 1.59. The number of nitrogens with one attached hydrogen (secondary N) is 1. The van der Waals surface area contributed by atoms with E-state index in [2.05, 4.69) is 10.1 Å². The van der Waals surface area contributed by atoms with Crippen molar-refractivity contribution in [2.75, 3.05) is 25.6 Å². The smallest absolute Gasteiger partial charge is 0.337 e. The van der Waals surface area contributed by atoms with Crippen LogP contribution >= 0.6 is 0 Å². The van der Waals surface area contributed by atoms with Crippen molar-refractivity contribution in [3.63, 3.8) is 0 Å². The molecule has 0 radical (unpaired) electrons. The number of rotatable bonds is 8. The number of hydrogen-bond donors (Lipinski definition) is 1. The number of esters is 1. The largest absolute Gasteiger partial charge is 0.494 e. The van der Waals surface area contributed by atoms with Gasteiger partial charge in [0.05, 0.1) is 19.3 Å². The van der Waals surface area contributed by atoms with E-state index in [1.807, 2.05) is 42.5 Å². The highest BCUT2D eigenvalue weighted by Crippen LogP contribution is 2.11. The van der Waals surface area contributed by atoms with E-state index in [0.29, 0.717) is 12.2 Å². The first-order valence-corrected chi connectivity index (χ1v) is 7.39. The Morgan fingerprint density at radius 1 is 1.00 bits per heavy atom. The van der Waals surface area contributed by atoms with Gasteiger partial charge in [-0.25, -0.2) is 4.79 Å². The molecule has 4 heteroatoms. The van der Waals surface area contributed by atoms with Gasteiger partial charge in [0, 0.05) is 12.2 Å². The van der Waals surface area contributed by atoms with Crippen molar-refractivity contribution in [2.24, 2.45) is 0 Å². The topological polar surface area (TPSA) is 47.6 Å². The van der Waals surface area contributed by atoms with E-state index < -0.39 is 0 Å². The second-order valence-electron chi connectivity index (χ2n) is 4.86. The Morgan fingerprint density at radius 3 is 2.41 bits per heavy atom. The number of methoxy groups -OCH3 is 1. The third kappa shape index (κ3) is 5.13. The minimum absolute atomic E-state index is 0.315. The Morgan fingerprint density at radius 2 is 1.73 bits per heavy atom. The molecule has 0 amide bonds. The molecule has 0 saturated carbocycles. The van der Waals surface area contributed by atoms with Gasteiger partial charge in [0.1, 0.15) is 5.75 Å². The van der Waals surface area contributed by atoms with Crippen LogP contribution in [-0.4, -0.2) is 26.2 Å². The molecule has 0 aliphatic carbocycles. The molecule has 2 aromatic rings. The second kappa shape index (κ2) is 8.72. The van der Waals surface area contributed by atoms with E-state index in [1.165, 1.54) is 7.11 Å². The van der Waals surface area contributed by atoms with Crippen molar-refractivity contribution >= 4 is 11.7 Å². The molecule has 1 N–H and O–H groups in total. The van der Waals surface area contributed by atoms with Crippen LogP contribution < -0.4 is 10.1 Å². The quantitative estimate of drug-likeness (QED) is 0.596. The molecule has 0 saturated heterocycles. The normalized spacial score (nSPS) is 10.0. The van der Waals surface area contributed by atoms with Crippen LogP contribution in [0.25, 0.3) is 0 Å². The van der Waals surface area contributed by atoms with Crippen LogP contribution in [0.2, 0.25) is 0 Å². The zero-order valence-corrected chi connectivity index (χ0v) is 12.7. The van der Waals surface area contributed by atoms with Crippen LogP contribution in [0, 0.1) is 0 Å². The maximum atomic E-state index is 11.3. The maximum Gasteiger partial charge on any atom is 0.337 e. The van der Waals surface area contributed by atoms with Crippen molar-refractivity contribution in [1.82, 2.24) is 0 Å². The highest BCUT2D eigenvalue weighted by atomic mass is 16.5. The summed E-state index contributed by atoms with van der Waals surface area (Å²) in [7, 11) is 1.38. The lowest BCUT2D eigenvalue weighted by Gasteiger charge is -2.08. The van der Waals surface area contributed by atoms with Gasteiger partial charge in [-0.15, -0.1) is 0 Å². The third-order valence-corrected chi connectivity index (χ3v) is 3.22. The van der Waals surface area contributed by atoms with Crippen LogP contribution in [-0.2, 0) is 4.74 Å². The summed E-state index contributed by atoms with van der Waals surface area (Å²) in [5.74, 6) is 0.596. The van der Waals surface area contributed by atoms with E-state index in [9.17, 15) is 4.79 Å². The van der Waals surface area contributed by atoms with Gasteiger partial charge < -0.3 is 14.8 Å². The highest BCUT2D eigenvalue weighted by molar-refractivity contribution is 5.89. The number of anilines is 1. The average molecular weight is 299 g/mol. The fourth-order valence-corrected chi connectivity index (χ4v) is 2.01. The van der Waals surface area contributed by atoms with Crippen molar-refractivity contribution in [2.45, 2.75) is 12.8 Å². The molecule has 2 aromatic carbocycles. The fourth-order valence-electron chi connectivity index (χ4n) is 2.01. The zero-order chi connectivity index (χ0) is 15.6.